The third-order valence-corrected chi connectivity index (χ3v) is 2.27. The van der Waals surface area contributed by atoms with Crippen LogP contribution in [0.15, 0.2) is 6.20 Å². The van der Waals surface area contributed by atoms with Crippen molar-refractivity contribution in [3.63, 3.8) is 0 Å². The van der Waals surface area contributed by atoms with Gasteiger partial charge in [0.05, 0.1) is 24.5 Å². The number of aryl methyl sites for hydroxylation is 1. The van der Waals surface area contributed by atoms with Crippen LogP contribution in [0.5, 0.6) is 0 Å². The van der Waals surface area contributed by atoms with Gasteiger partial charge < -0.3 is 4.74 Å². The van der Waals surface area contributed by atoms with Crippen molar-refractivity contribution < 1.29 is 4.74 Å². The van der Waals surface area contributed by atoms with Crippen LogP contribution in [0.25, 0.3) is 0 Å². The Morgan fingerprint density at radius 1 is 1.50 bits per heavy atom. The highest BCUT2D eigenvalue weighted by molar-refractivity contribution is 5.01. The van der Waals surface area contributed by atoms with Crippen molar-refractivity contribution in [1.29, 1.82) is 0 Å². The summed E-state index contributed by atoms with van der Waals surface area (Å²) in [7, 11) is 0. The van der Waals surface area contributed by atoms with Crippen molar-refractivity contribution in [1.82, 2.24) is 20.4 Å². The molecule has 6 nitrogen and oxygen atoms in total. The number of ether oxygens (including phenoxy) is 1. The molecule has 0 aliphatic carbocycles. The van der Waals surface area contributed by atoms with E-state index in [1.807, 2.05) is 4.68 Å². The molecule has 0 saturated heterocycles. The highest BCUT2D eigenvalue weighted by Crippen LogP contribution is 2.11. The number of rotatable bonds is 8. The molecule has 92 valence electrons. The number of nitrogens with two attached hydrogens (primary N) is 1. The van der Waals surface area contributed by atoms with E-state index in [0.717, 1.165) is 31.7 Å². The minimum atomic E-state index is -0.0481. The minimum Gasteiger partial charge on any atom is -0.379 e. The van der Waals surface area contributed by atoms with Gasteiger partial charge in [0.25, 0.3) is 0 Å². The number of aromatic nitrogens is 3. The van der Waals surface area contributed by atoms with E-state index < -0.39 is 0 Å². The van der Waals surface area contributed by atoms with Gasteiger partial charge in [0.1, 0.15) is 0 Å². The first-order valence-corrected chi connectivity index (χ1v) is 5.75. The minimum absolute atomic E-state index is 0.0481. The fraction of sp³-hybridized carbons (Fsp3) is 0.800. The zero-order chi connectivity index (χ0) is 11.8. The monoisotopic (exact) mass is 227 g/mol. The lowest BCUT2D eigenvalue weighted by Crippen LogP contribution is -2.33. The number of hydrogen-bond acceptors (Lipinski definition) is 5. The second-order valence-electron chi connectivity index (χ2n) is 3.68. The van der Waals surface area contributed by atoms with Crippen molar-refractivity contribution in [2.45, 2.75) is 39.3 Å². The van der Waals surface area contributed by atoms with Gasteiger partial charge in [-0.1, -0.05) is 19.1 Å². The summed E-state index contributed by atoms with van der Waals surface area (Å²) in [6.07, 6.45) is 3.75. The van der Waals surface area contributed by atoms with Crippen molar-refractivity contribution in [2.24, 2.45) is 5.84 Å². The van der Waals surface area contributed by atoms with Crippen molar-refractivity contribution >= 4 is 0 Å². The fourth-order valence-electron chi connectivity index (χ4n) is 1.49. The summed E-state index contributed by atoms with van der Waals surface area (Å²) in [5, 5.41) is 7.92. The largest absolute Gasteiger partial charge is 0.379 e. The summed E-state index contributed by atoms with van der Waals surface area (Å²) >= 11 is 0. The van der Waals surface area contributed by atoms with Gasteiger partial charge in [-0.2, -0.15) is 0 Å². The molecule has 1 atom stereocenters. The summed E-state index contributed by atoms with van der Waals surface area (Å²) in [6.45, 7) is 6.31. The molecule has 0 aromatic carbocycles. The van der Waals surface area contributed by atoms with Gasteiger partial charge in [-0.3, -0.25) is 5.84 Å². The molecule has 0 spiro atoms. The van der Waals surface area contributed by atoms with Crippen LogP contribution in [0.1, 0.15) is 38.4 Å². The van der Waals surface area contributed by atoms with Gasteiger partial charge >= 0.3 is 0 Å². The summed E-state index contributed by atoms with van der Waals surface area (Å²) in [4.78, 5) is 0. The number of nitrogens with zero attached hydrogens (tertiary/aromatic N) is 3. The lowest BCUT2D eigenvalue weighted by Gasteiger charge is -2.16. The average Bonchev–Trinajstić information content (AvgIpc) is 2.73. The van der Waals surface area contributed by atoms with Gasteiger partial charge in [0, 0.05) is 13.2 Å². The predicted octanol–water partition coefficient (Wildman–Crippen LogP) is 0.619. The van der Waals surface area contributed by atoms with E-state index in [-0.39, 0.29) is 6.04 Å². The van der Waals surface area contributed by atoms with E-state index in [2.05, 4.69) is 29.6 Å². The van der Waals surface area contributed by atoms with E-state index in [0.29, 0.717) is 6.61 Å². The summed E-state index contributed by atoms with van der Waals surface area (Å²) in [5.41, 5.74) is 3.71. The Morgan fingerprint density at radius 3 is 2.94 bits per heavy atom. The SMILES string of the molecule is CCCOCC(NN)c1cnnn1CCC. The first-order valence-electron chi connectivity index (χ1n) is 5.75. The maximum absolute atomic E-state index is 5.51. The Bertz CT molecular complexity index is 288. The highest BCUT2D eigenvalue weighted by atomic mass is 16.5. The molecule has 0 aliphatic heterocycles. The molecule has 16 heavy (non-hydrogen) atoms. The Labute approximate surface area is 96.1 Å². The molecule has 3 N–H and O–H groups in total. The van der Waals surface area contributed by atoms with Crippen LogP contribution in [0.3, 0.4) is 0 Å². The Kier molecular flexibility index (Phi) is 5.99. The quantitative estimate of drug-likeness (QED) is 0.387. The van der Waals surface area contributed by atoms with Crippen LogP contribution in [0.4, 0.5) is 0 Å². The molecule has 0 amide bonds. The van der Waals surface area contributed by atoms with Crippen molar-refractivity contribution in [3.05, 3.63) is 11.9 Å². The standard InChI is InChI=1S/C10H21N5O/c1-3-5-15-10(7-12-14-15)9(13-11)8-16-6-4-2/h7,9,13H,3-6,8,11H2,1-2H3. The van der Waals surface area contributed by atoms with E-state index in [1.165, 1.54) is 0 Å². The summed E-state index contributed by atoms with van der Waals surface area (Å²) < 4.78 is 7.34. The first-order chi connectivity index (χ1) is 7.83. The second kappa shape index (κ2) is 7.32. The summed E-state index contributed by atoms with van der Waals surface area (Å²) in [6, 6.07) is -0.0481. The molecule has 0 saturated carbocycles. The normalized spacial score (nSPS) is 12.9. The molecular weight excluding hydrogens is 206 g/mol. The molecule has 1 aromatic heterocycles. The van der Waals surface area contributed by atoms with Gasteiger partial charge in [-0.05, 0) is 12.8 Å². The van der Waals surface area contributed by atoms with Crippen LogP contribution in [-0.2, 0) is 11.3 Å². The van der Waals surface area contributed by atoms with Gasteiger partial charge in [0.2, 0.25) is 0 Å². The smallest absolute Gasteiger partial charge is 0.0878 e. The lowest BCUT2D eigenvalue weighted by molar-refractivity contribution is 0.109. The van der Waals surface area contributed by atoms with E-state index in [4.69, 9.17) is 10.6 Å². The second-order valence-corrected chi connectivity index (χ2v) is 3.68. The molecule has 1 rings (SSSR count). The Balaban J connectivity index is 2.59. The number of hydrazine groups is 1. The van der Waals surface area contributed by atoms with Crippen molar-refractivity contribution in [2.75, 3.05) is 13.2 Å². The molecule has 1 unspecified atom stereocenters. The van der Waals surface area contributed by atoms with Gasteiger partial charge in [-0.15, -0.1) is 5.10 Å². The molecule has 0 fully saturated rings. The third kappa shape index (κ3) is 3.55. The highest BCUT2D eigenvalue weighted by Gasteiger charge is 2.15. The van der Waals surface area contributed by atoms with Crippen LogP contribution >= 0.6 is 0 Å². The van der Waals surface area contributed by atoms with Crippen LogP contribution in [0.2, 0.25) is 0 Å². The van der Waals surface area contributed by atoms with Crippen LogP contribution < -0.4 is 11.3 Å². The van der Waals surface area contributed by atoms with E-state index in [1.54, 1.807) is 6.20 Å². The first kappa shape index (κ1) is 13.1. The molecule has 6 heteroatoms. The number of nitrogens with one attached hydrogen (secondary N) is 1. The zero-order valence-corrected chi connectivity index (χ0v) is 10.0. The average molecular weight is 227 g/mol. The van der Waals surface area contributed by atoms with Gasteiger partial charge in [0.15, 0.2) is 0 Å². The maximum Gasteiger partial charge on any atom is 0.0878 e. The Morgan fingerprint density at radius 2 is 2.31 bits per heavy atom. The Hall–Kier alpha value is -0.980. The molecule has 0 radical (unpaired) electrons. The number of hydrogen-bond donors (Lipinski definition) is 2. The van der Waals surface area contributed by atoms with E-state index >= 15 is 0 Å². The maximum atomic E-state index is 5.51. The molecule has 1 aromatic rings. The zero-order valence-electron chi connectivity index (χ0n) is 10.0. The van der Waals surface area contributed by atoms with E-state index in [9.17, 15) is 0 Å². The topological polar surface area (TPSA) is 78.0 Å². The third-order valence-electron chi connectivity index (χ3n) is 2.27. The van der Waals surface area contributed by atoms with Crippen LogP contribution in [-0.4, -0.2) is 28.2 Å². The molecule has 0 bridgehead atoms. The summed E-state index contributed by atoms with van der Waals surface area (Å²) in [5.74, 6) is 5.51. The van der Waals surface area contributed by atoms with Gasteiger partial charge in [-0.25, -0.2) is 10.1 Å². The molecular formula is C10H21N5O. The van der Waals surface area contributed by atoms with Crippen molar-refractivity contribution in [3.8, 4) is 0 Å². The lowest BCUT2D eigenvalue weighted by atomic mass is 10.2. The fourth-order valence-corrected chi connectivity index (χ4v) is 1.49. The van der Waals surface area contributed by atoms with Crippen LogP contribution in [0, 0.1) is 0 Å². The predicted molar refractivity (Wildman–Crippen MR) is 61.5 cm³/mol. The molecule has 0 aliphatic rings. The molecule has 1 heterocycles.